The van der Waals surface area contributed by atoms with Crippen molar-refractivity contribution in [2.75, 3.05) is 39.3 Å². The lowest BCUT2D eigenvalue weighted by molar-refractivity contribution is -0.146. The van der Waals surface area contributed by atoms with Gasteiger partial charge in [-0.15, -0.1) is 0 Å². The third-order valence-electron chi connectivity index (χ3n) is 4.89. The van der Waals surface area contributed by atoms with Crippen LogP contribution >= 0.6 is 0 Å². The van der Waals surface area contributed by atoms with Crippen LogP contribution in [0.1, 0.15) is 25.7 Å². The lowest BCUT2D eigenvalue weighted by atomic mass is 9.91. The summed E-state index contributed by atoms with van der Waals surface area (Å²) in [6.07, 6.45) is 4.98. The van der Waals surface area contributed by atoms with Crippen LogP contribution in [-0.4, -0.2) is 77.1 Å². The molecule has 3 rings (SSSR count). The van der Waals surface area contributed by atoms with Crippen LogP contribution in [0.5, 0.6) is 0 Å². The van der Waals surface area contributed by atoms with Gasteiger partial charge in [0.1, 0.15) is 0 Å². The third kappa shape index (κ3) is 2.61. The van der Waals surface area contributed by atoms with Gasteiger partial charge in [0.15, 0.2) is 0 Å². The van der Waals surface area contributed by atoms with Crippen molar-refractivity contribution < 1.29 is 14.7 Å². The number of carboxylic acid groups (broad SMARTS) is 1. The van der Waals surface area contributed by atoms with Gasteiger partial charge in [0.25, 0.3) is 0 Å². The van der Waals surface area contributed by atoms with Crippen molar-refractivity contribution in [3.63, 3.8) is 0 Å². The number of rotatable bonds is 2. The molecular formula is C14H23N3O3. The van der Waals surface area contributed by atoms with Crippen LogP contribution in [0.3, 0.4) is 0 Å². The summed E-state index contributed by atoms with van der Waals surface area (Å²) >= 11 is 0. The predicted octanol–water partition coefficient (Wildman–Crippen LogP) is 0.683. The standard InChI is InChI=1S/C14H23N3O3/c18-13(19)11-9-17(10-11)14(20)16-6-2-5-15(7-8-16)12-3-1-4-12/h11-12H,1-10H2,(H,18,19). The molecule has 0 spiro atoms. The lowest BCUT2D eigenvalue weighted by Crippen LogP contribution is -2.57. The van der Waals surface area contributed by atoms with E-state index >= 15 is 0 Å². The molecular weight excluding hydrogens is 258 g/mol. The van der Waals surface area contributed by atoms with Crippen LogP contribution in [0, 0.1) is 5.92 Å². The van der Waals surface area contributed by atoms with Crippen LogP contribution in [0.15, 0.2) is 0 Å². The van der Waals surface area contributed by atoms with Crippen LogP contribution in [0.25, 0.3) is 0 Å². The maximum atomic E-state index is 12.3. The molecule has 0 atom stereocenters. The van der Waals surface area contributed by atoms with Crippen molar-refractivity contribution >= 4 is 12.0 Å². The van der Waals surface area contributed by atoms with Crippen LogP contribution < -0.4 is 0 Å². The molecule has 2 aliphatic heterocycles. The Bertz CT molecular complexity index is 391. The molecule has 0 aromatic rings. The van der Waals surface area contributed by atoms with Gasteiger partial charge in [-0.3, -0.25) is 9.69 Å². The van der Waals surface area contributed by atoms with Crippen molar-refractivity contribution in [3.05, 3.63) is 0 Å². The molecule has 0 aromatic heterocycles. The average Bonchev–Trinajstić information content (AvgIpc) is 2.50. The quantitative estimate of drug-likeness (QED) is 0.808. The van der Waals surface area contributed by atoms with Gasteiger partial charge in [-0.2, -0.15) is 0 Å². The summed E-state index contributed by atoms with van der Waals surface area (Å²) in [6, 6.07) is 0.767. The highest BCUT2D eigenvalue weighted by Crippen LogP contribution is 2.26. The van der Waals surface area contributed by atoms with Gasteiger partial charge in [-0.25, -0.2) is 4.79 Å². The molecule has 20 heavy (non-hydrogen) atoms. The minimum absolute atomic E-state index is 0.0259. The van der Waals surface area contributed by atoms with E-state index in [1.807, 2.05) is 4.90 Å². The zero-order valence-electron chi connectivity index (χ0n) is 11.8. The molecule has 2 amide bonds. The fraction of sp³-hybridized carbons (Fsp3) is 0.857. The molecule has 0 unspecified atom stereocenters. The molecule has 1 saturated carbocycles. The van der Waals surface area contributed by atoms with E-state index in [2.05, 4.69) is 4.90 Å². The zero-order valence-corrected chi connectivity index (χ0v) is 11.8. The minimum atomic E-state index is -0.791. The summed E-state index contributed by atoms with van der Waals surface area (Å²) in [4.78, 5) is 29.2. The number of urea groups is 1. The number of carboxylic acids is 1. The second-order valence-electron chi connectivity index (χ2n) is 6.18. The Morgan fingerprint density at radius 1 is 0.900 bits per heavy atom. The number of amides is 2. The van der Waals surface area contributed by atoms with Gasteiger partial charge in [0.2, 0.25) is 0 Å². The monoisotopic (exact) mass is 281 g/mol. The van der Waals surface area contributed by atoms with Gasteiger partial charge < -0.3 is 14.9 Å². The Morgan fingerprint density at radius 2 is 1.65 bits per heavy atom. The van der Waals surface area contributed by atoms with Crippen molar-refractivity contribution in [1.82, 2.24) is 14.7 Å². The number of likely N-dealkylation sites (tertiary alicyclic amines) is 1. The highest BCUT2D eigenvalue weighted by atomic mass is 16.4. The van der Waals surface area contributed by atoms with E-state index < -0.39 is 5.97 Å². The van der Waals surface area contributed by atoms with E-state index in [1.54, 1.807) is 4.90 Å². The maximum Gasteiger partial charge on any atom is 0.320 e. The summed E-state index contributed by atoms with van der Waals surface area (Å²) < 4.78 is 0. The Hall–Kier alpha value is -1.30. The fourth-order valence-electron chi connectivity index (χ4n) is 3.24. The number of carbonyl (C=O) groups is 2. The first-order valence-corrected chi connectivity index (χ1v) is 7.66. The first-order valence-electron chi connectivity index (χ1n) is 7.66. The largest absolute Gasteiger partial charge is 0.481 e. The van der Waals surface area contributed by atoms with E-state index in [9.17, 15) is 9.59 Å². The van der Waals surface area contributed by atoms with Crippen molar-refractivity contribution in [1.29, 1.82) is 0 Å². The molecule has 0 bridgehead atoms. The SMILES string of the molecule is O=C(O)C1CN(C(=O)N2CCCN(C3CCC3)CC2)C1. The molecule has 1 aliphatic carbocycles. The number of hydrogen-bond acceptors (Lipinski definition) is 3. The molecule has 2 heterocycles. The van der Waals surface area contributed by atoms with E-state index in [0.717, 1.165) is 38.6 Å². The third-order valence-corrected chi connectivity index (χ3v) is 4.89. The van der Waals surface area contributed by atoms with Crippen molar-refractivity contribution in [2.45, 2.75) is 31.7 Å². The summed E-state index contributed by atoms with van der Waals surface area (Å²) in [5.41, 5.74) is 0. The molecule has 0 radical (unpaired) electrons. The Balaban J connectivity index is 1.48. The molecule has 112 valence electrons. The Kier molecular flexibility index (Phi) is 3.83. The van der Waals surface area contributed by atoms with E-state index in [0.29, 0.717) is 13.1 Å². The predicted molar refractivity (Wildman–Crippen MR) is 73.5 cm³/mol. The number of carbonyl (C=O) groups excluding carboxylic acids is 1. The van der Waals surface area contributed by atoms with E-state index in [1.165, 1.54) is 19.3 Å². The number of nitrogens with zero attached hydrogens (tertiary/aromatic N) is 3. The first-order chi connectivity index (χ1) is 9.65. The van der Waals surface area contributed by atoms with Gasteiger partial charge >= 0.3 is 12.0 Å². The molecule has 1 N–H and O–H groups in total. The van der Waals surface area contributed by atoms with Gasteiger partial charge in [-0.1, -0.05) is 6.42 Å². The highest BCUT2D eigenvalue weighted by Gasteiger charge is 2.38. The zero-order chi connectivity index (χ0) is 14.1. The molecule has 6 nitrogen and oxygen atoms in total. The van der Waals surface area contributed by atoms with Gasteiger partial charge in [-0.05, 0) is 19.3 Å². The van der Waals surface area contributed by atoms with Crippen molar-refractivity contribution in [3.8, 4) is 0 Å². The maximum absolute atomic E-state index is 12.3. The van der Waals surface area contributed by atoms with E-state index in [-0.39, 0.29) is 11.9 Å². The number of hydrogen-bond donors (Lipinski definition) is 1. The van der Waals surface area contributed by atoms with Gasteiger partial charge in [0, 0.05) is 45.3 Å². The molecule has 2 saturated heterocycles. The second-order valence-corrected chi connectivity index (χ2v) is 6.18. The first kappa shape index (κ1) is 13.7. The number of aliphatic carboxylic acids is 1. The van der Waals surface area contributed by atoms with Crippen molar-refractivity contribution in [2.24, 2.45) is 5.92 Å². The van der Waals surface area contributed by atoms with Crippen LogP contribution in [-0.2, 0) is 4.79 Å². The van der Waals surface area contributed by atoms with Crippen LogP contribution in [0.4, 0.5) is 4.79 Å². The fourth-order valence-corrected chi connectivity index (χ4v) is 3.24. The van der Waals surface area contributed by atoms with Crippen LogP contribution in [0.2, 0.25) is 0 Å². The Morgan fingerprint density at radius 3 is 2.25 bits per heavy atom. The average molecular weight is 281 g/mol. The summed E-state index contributed by atoms with van der Waals surface area (Å²) in [6.45, 7) is 4.38. The summed E-state index contributed by atoms with van der Waals surface area (Å²) in [5.74, 6) is -1.15. The Labute approximate surface area is 119 Å². The topological polar surface area (TPSA) is 64.1 Å². The van der Waals surface area contributed by atoms with Gasteiger partial charge in [0.05, 0.1) is 5.92 Å². The second kappa shape index (κ2) is 5.60. The molecule has 0 aromatic carbocycles. The summed E-state index contributed by atoms with van der Waals surface area (Å²) in [7, 11) is 0. The minimum Gasteiger partial charge on any atom is -0.481 e. The lowest BCUT2D eigenvalue weighted by Gasteiger charge is -2.40. The summed E-state index contributed by atoms with van der Waals surface area (Å²) in [5, 5.41) is 8.86. The molecule has 6 heteroatoms. The smallest absolute Gasteiger partial charge is 0.320 e. The van der Waals surface area contributed by atoms with E-state index in [4.69, 9.17) is 5.11 Å². The normalized spacial score (nSPS) is 25.8. The highest BCUT2D eigenvalue weighted by molar-refractivity contribution is 5.79. The molecule has 3 fully saturated rings. The molecule has 3 aliphatic rings.